The van der Waals surface area contributed by atoms with Gasteiger partial charge < -0.3 is 10.4 Å². The van der Waals surface area contributed by atoms with E-state index in [1.54, 1.807) is 4.68 Å². The van der Waals surface area contributed by atoms with Crippen molar-refractivity contribution >= 4 is 0 Å². The molecule has 0 saturated heterocycles. The predicted octanol–water partition coefficient (Wildman–Crippen LogP) is 1.53. The second-order valence-electron chi connectivity index (χ2n) is 5.64. The van der Waals surface area contributed by atoms with E-state index in [0.717, 1.165) is 18.5 Å². The molecule has 0 aliphatic rings. The molecule has 0 radical (unpaired) electrons. The maximum atomic E-state index is 10.2. The van der Waals surface area contributed by atoms with Crippen LogP contribution in [-0.2, 0) is 13.0 Å². The Hall–Kier alpha value is -2.57. The maximum Gasteiger partial charge on any atom is 0.182 e. The summed E-state index contributed by atoms with van der Waals surface area (Å²) in [6.45, 7) is 1.68. The van der Waals surface area contributed by atoms with Gasteiger partial charge in [0.25, 0.3) is 0 Å². The third-order valence-electron chi connectivity index (χ3n) is 3.76. The van der Waals surface area contributed by atoms with Gasteiger partial charge in [-0.15, -0.1) is 5.10 Å². The molecule has 2 N–H and O–H groups in total. The van der Waals surface area contributed by atoms with Gasteiger partial charge in [0.15, 0.2) is 5.82 Å². The highest BCUT2D eigenvalue weighted by molar-refractivity contribution is 5.53. The van der Waals surface area contributed by atoms with Gasteiger partial charge >= 0.3 is 0 Å². The Kier molecular flexibility index (Phi) is 5.65. The van der Waals surface area contributed by atoms with Crippen LogP contribution in [0, 0.1) is 0 Å². The SMILES string of the molecule is OC(CNCCc1ccccc1)Cn1nnnc1-c1ccccc1. The van der Waals surface area contributed by atoms with Crippen molar-refractivity contribution < 1.29 is 5.11 Å². The average molecular weight is 323 g/mol. The first-order valence-electron chi connectivity index (χ1n) is 8.07. The normalized spacial score (nSPS) is 12.2. The van der Waals surface area contributed by atoms with Crippen LogP contribution in [0.25, 0.3) is 11.4 Å². The first-order chi connectivity index (χ1) is 11.8. The molecule has 0 saturated carbocycles. The zero-order valence-corrected chi connectivity index (χ0v) is 13.4. The van der Waals surface area contributed by atoms with Crippen LogP contribution in [0.5, 0.6) is 0 Å². The number of nitrogens with zero attached hydrogens (tertiary/aromatic N) is 4. The molecule has 1 atom stereocenters. The summed E-state index contributed by atoms with van der Waals surface area (Å²) in [5, 5.41) is 25.2. The number of aliphatic hydroxyl groups is 1. The largest absolute Gasteiger partial charge is 0.390 e. The van der Waals surface area contributed by atoms with E-state index < -0.39 is 6.10 Å². The summed E-state index contributed by atoms with van der Waals surface area (Å²) in [4.78, 5) is 0. The summed E-state index contributed by atoms with van der Waals surface area (Å²) >= 11 is 0. The fourth-order valence-electron chi connectivity index (χ4n) is 2.53. The topological polar surface area (TPSA) is 75.9 Å². The van der Waals surface area contributed by atoms with Crippen molar-refractivity contribution in [1.29, 1.82) is 0 Å². The van der Waals surface area contributed by atoms with Crippen molar-refractivity contribution in [2.24, 2.45) is 0 Å². The van der Waals surface area contributed by atoms with E-state index in [9.17, 15) is 5.11 Å². The van der Waals surface area contributed by atoms with Gasteiger partial charge in [0.1, 0.15) is 0 Å². The van der Waals surface area contributed by atoms with Gasteiger partial charge in [0, 0.05) is 12.1 Å². The number of benzene rings is 2. The lowest BCUT2D eigenvalue weighted by Crippen LogP contribution is -2.32. The summed E-state index contributed by atoms with van der Waals surface area (Å²) in [6, 6.07) is 20.0. The lowest BCUT2D eigenvalue weighted by molar-refractivity contribution is 0.147. The van der Waals surface area contributed by atoms with E-state index in [1.807, 2.05) is 48.5 Å². The number of aromatic nitrogens is 4. The second kappa shape index (κ2) is 8.33. The van der Waals surface area contributed by atoms with Gasteiger partial charge in [-0.05, 0) is 29.0 Å². The Morgan fingerprint density at radius 2 is 1.71 bits per heavy atom. The molecule has 1 heterocycles. The van der Waals surface area contributed by atoms with Crippen molar-refractivity contribution in [3.8, 4) is 11.4 Å². The van der Waals surface area contributed by atoms with Gasteiger partial charge in [-0.1, -0.05) is 60.7 Å². The van der Waals surface area contributed by atoms with E-state index in [4.69, 9.17) is 0 Å². The van der Waals surface area contributed by atoms with E-state index in [1.165, 1.54) is 5.56 Å². The quantitative estimate of drug-likeness (QED) is 0.615. The molecule has 3 rings (SSSR count). The summed E-state index contributed by atoms with van der Waals surface area (Å²) < 4.78 is 1.64. The lowest BCUT2D eigenvalue weighted by Gasteiger charge is -2.12. The molecule has 0 spiro atoms. The lowest BCUT2D eigenvalue weighted by atomic mass is 10.1. The molecule has 0 bridgehead atoms. The molecule has 0 aliphatic carbocycles. The molecule has 3 aromatic rings. The van der Waals surface area contributed by atoms with Gasteiger partial charge in [-0.2, -0.15) is 0 Å². The van der Waals surface area contributed by atoms with Crippen LogP contribution in [-0.4, -0.2) is 44.5 Å². The van der Waals surface area contributed by atoms with Crippen molar-refractivity contribution in [1.82, 2.24) is 25.5 Å². The smallest absolute Gasteiger partial charge is 0.182 e. The minimum atomic E-state index is -0.549. The summed E-state index contributed by atoms with van der Waals surface area (Å²) in [5.41, 5.74) is 2.22. The number of hydrogen-bond donors (Lipinski definition) is 2. The number of aliphatic hydroxyl groups excluding tert-OH is 1. The molecule has 6 nitrogen and oxygen atoms in total. The standard InChI is InChI=1S/C18H21N5O/c24-17(13-19-12-11-15-7-3-1-4-8-15)14-23-18(20-21-22-23)16-9-5-2-6-10-16/h1-10,17,19,24H,11-14H2. The molecule has 124 valence electrons. The molecule has 6 heteroatoms. The van der Waals surface area contributed by atoms with Gasteiger partial charge in [0.05, 0.1) is 12.6 Å². The first-order valence-corrected chi connectivity index (χ1v) is 8.07. The zero-order valence-electron chi connectivity index (χ0n) is 13.4. The van der Waals surface area contributed by atoms with Crippen molar-refractivity contribution in [3.63, 3.8) is 0 Å². The number of rotatable bonds is 8. The fourth-order valence-corrected chi connectivity index (χ4v) is 2.53. The summed E-state index contributed by atoms with van der Waals surface area (Å²) in [6.07, 6.45) is 0.389. The van der Waals surface area contributed by atoms with Gasteiger partial charge in [-0.25, -0.2) is 4.68 Å². The fraction of sp³-hybridized carbons (Fsp3) is 0.278. The molecule has 0 fully saturated rings. The third kappa shape index (κ3) is 4.47. The van der Waals surface area contributed by atoms with E-state index in [0.29, 0.717) is 18.9 Å². The average Bonchev–Trinajstić information content (AvgIpc) is 3.08. The first kappa shape index (κ1) is 16.3. The summed E-state index contributed by atoms with van der Waals surface area (Å²) in [5.74, 6) is 0.666. The van der Waals surface area contributed by atoms with E-state index >= 15 is 0 Å². The third-order valence-corrected chi connectivity index (χ3v) is 3.76. The van der Waals surface area contributed by atoms with Crippen LogP contribution >= 0.6 is 0 Å². The molecule has 1 unspecified atom stereocenters. The molecular formula is C18H21N5O. The molecular weight excluding hydrogens is 302 g/mol. The van der Waals surface area contributed by atoms with Crippen LogP contribution in [0.3, 0.4) is 0 Å². The van der Waals surface area contributed by atoms with Gasteiger partial charge in [-0.3, -0.25) is 0 Å². The Bertz CT molecular complexity index is 729. The van der Waals surface area contributed by atoms with Crippen LogP contribution in [0.2, 0.25) is 0 Å². The number of tetrazole rings is 1. The minimum absolute atomic E-state index is 0.357. The molecule has 1 aromatic heterocycles. The van der Waals surface area contributed by atoms with Crippen LogP contribution in [0.4, 0.5) is 0 Å². The molecule has 24 heavy (non-hydrogen) atoms. The summed E-state index contributed by atoms with van der Waals surface area (Å²) in [7, 11) is 0. The Morgan fingerprint density at radius 1 is 1.00 bits per heavy atom. The minimum Gasteiger partial charge on any atom is -0.390 e. The second-order valence-corrected chi connectivity index (χ2v) is 5.64. The van der Waals surface area contributed by atoms with Crippen LogP contribution < -0.4 is 5.32 Å². The number of nitrogens with one attached hydrogen (secondary N) is 1. The molecule has 0 amide bonds. The van der Waals surface area contributed by atoms with Crippen molar-refractivity contribution in [3.05, 3.63) is 66.2 Å². The van der Waals surface area contributed by atoms with Crippen molar-refractivity contribution in [2.45, 2.75) is 19.1 Å². The molecule has 2 aromatic carbocycles. The van der Waals surface area contributed by atoms with E-state index in [2.05, 4.69) is 33.0 Å². The van der Waals surface area contributed by atoms with Gasteiger partial charge in [0.2, 0.25) is 0 Å². The monoisotopic (exact) mass is 323 g/mol. The van der Waals surface area contributed by atoms with Crippen LogP contribution in [0.1, 0.15) is 5.56 Å². The van der Waals surface area contributed by atoms with Crippen molar-refractivity contribution in [2.75, 3.05) is 13.1 Å². The predicted molar refractivity (Wildman–Crippen MR) is 92.3 cm³/mol. The zero-order chi connectivity index (χ0) is 16.6. The maximum absolute atomic E-state index is 10.2. The Balaban J connectivity index is 1.47. The molecule has 0 aliphatic heterocycles. The van der Waals surface area contributed by atoms with E-state index in [-0.39, 0.29) is 0 Å². The highest BCUT2D eigenvalue weighted by Gasteiger charge is 2.12. The van der Waals surface area contributed by atoms with Crippen LogP contribution in [0.15, 0.2) is 60.7 Å². The Labute approximate surface area is 141 Å². The highest BCUT2D eigenvalue weighted by atomic mass is 16.3. The Morgan fingerprint density at radius 3 is 2.46 bits per heavy atom. The highest BCUT2D eigenvalue weighted by Crippen LogP contribution is 2.14. The number of hydrogen-bond acceptors (Lipinski definition) is 5.